The molecule has 1 aromatic carbocycles. The zero-order valence-corrected chi connectivity index (χ0v) is 9.17. The van der Waals surface area contributed by atoms with Gasteiger partial charge in [-0.2, -0.15) is 0 Å². The lowest BCUT2D eigenvalue weighted by atomic mass is 10.1. The third-order valence-electron chi connectivity index (χ3n) is 1.95. The molecule has 86 valence electrons. The van der Waals surface area contributed by atoms with E-state index in [1.165, 1.54) is 18.2 Å². The molecule has 0 N–H and O–H groups in total. The van der Waals surface area contributed by atoms with E-state index in [-0.39, 0.29) is 29.7 Å². The fourth-order valence-electron chi connectivity index (χ4n) is 1.19. The average Bonchev–Trinajstić information content (AvgIpc) is 2.25. The van der Waals surface area contributed by atoms with Crippen molar-refractivity contribution in [3.8, 4) is 0 Å². The van der Waals surface area contributed by atoms with Crippen LogP contribution in [0.2, 0.25) is 0 Å². The Kier molecular flexibility index (Phi) is 4.13. The summed E-state index contributed by atoms with van der Waals surface area (Å²) in [6, 6.07) is 5.86. The molecule has 0 heterocycles. The van der Waals surface area contributed by atoms with E-state index in [1.54, 1.807) is 19.9 Å². The maximum absolute atomic E-state index is 11.6. The highest BCUT2D eigenvalue weighted by Gasteiger charge is 2.19. The van der Waals surface area contributed by atoms with Gasteiger partial charge in [-0.05, 0) is 19.9 Å². The number of para-hydroxylation sites is 1. The molecule has 5 heteroatoms. The summed E-state index contributed by atoms with van der Waals surface area (Å²) >= 11 is 0. The maximum Gasteiger partial charge on any atom is 0.280 e. The average molecular weight is 223 g/mol. The summed E-state index contributed by atoms with van der Waals surface area (Å²) in [6.45, 7) is 3.46. The smallest absolute Gasteiger partial charge is 0.280 e. The topological polar surface area (TPSA) is 69.4 Å². The molecule has 1 aromatic rings. The first-order valence-corrected chi connectivity index (χ1v) is 4.90. The van der Waals surface area contributed by atoms with Gasteiger partial charge < -0.3 is 4.74 Å². The van der Waals surface area contributed by atoms with E-state index in [0.29, 0.717) is 0 Å². The molecule has 0 aliphatic heterocycles. The van der Waals surface area contributed by atoms with E-state index in [0.717, 1.165) is 0 Å². The predicted molar refractivity (Wildman–Crippen MR) is 58.5 cm³/mol. The van der Waals surface area contributed by atoms with Crippen LogP contribution in [0.5, 0.6) is 0 Å². The second-order valence-electron chi connectivity index (χ2n) is 3.56. The Bertz CT molecular complexity index is 401. The molecule has 0 saturated heterocycles. The van der Waals surface area contributed by atoms with Crippen molar-refractivity contribution >= 4 is 11.5 Å². The number of nitro benzene ring substituents is 1. The van der Waals surface area contributed by atoms with Crippen LogP contribution in [0.25, 0.3) is 0 Å². The van der Waals surface area contributed by atoms with E-state index < -0.39 is 4.92 Å². The van der Waals surface area contributed by atoms with Crippen molar-refractivity contribution in [2.24, 2.45) is 0 Å². The lowest BCUT2D eigenvalue weighted by Crippen LogP contribution is -2.14. The summed E-state index contributed by atoms with van der Waals surface area (Å²) < 4.78 is 5.12. The number of carbonyl (C=O) groups excluding carboxylic acids is 1. The van der Waals surface area contributed by atoms with Crippen molar-refractivity contribution in [2.75, 3.05) is 6.61 Å². The van der Waals surface area contributed by atoms with Gasteiger partial charge in [-0.25, -0.2) is 0 Å². The molecule has 0 fully saturated rings. The molecule has 0 aliphatic rings. The minimum atomic E-state index is -0.567. The van der Waals surface area contributed by atoms with Crippen LogP contribution in [-0.4, -0.2) is 23.4 Å². The van der Waals surface area contributed by atoms with Crippen molar-refractivity contribution < 1.29 is 14.5 Å². The molecule has 0 atom stereocenters. The molecule has 1 rings (SSSR count). The summed E-state index contributed by atoms with van der Waals surface area (Å²) in [5.74, 6) is -0.374. The zero-order valence-electron chi connectivity index (χ0n) is 9.17. The molecule has 0 aromatic heterocycles. The van der Waals surface area contributed by atoms with Crippen LogP contribution < -0.4 is 0 Å². The van der Waals surface area contributed by atoms with Crippen molar-refractivity contribution in [1.82, 2.24) is 0 Å². The third-order valence-corrected chi connectivity index (χ3v) is 1.95. The van der Waals surface area contributed by atoms with Crippen molar-refractivity contribution in [1.29, 1.82) is 0 Å². The largest absolute Gasteiger partial charge is 0.371 e. The van der Waals surface area contributed by atoms with Gasteiger partial charge in [0.25, 0.3) is 5.69 Å². The Morgan fingerprint density at radius 3 is 2.62 bits per heavy atom. The summed E-state index contributed by atoms with van der Waals surface area (Å²) in [5.41, 5.74) is -0.0898. The number of nitro groups is 1. The van der Waals surface area contributed by atoms with Gasteiger partial charge in [0.2, 0.25) is 0 Å². The van der Waals surface area contributed by atoms with Crippen molar-refractivity contribution in [2.45, 2.75) is 20.0 Å². The van der Waals surface area contributed by atoms with Gasteiger partial charge in [0.1, 0.15) is 6.61 Å². The Labute approximate surface area is 93.2 Å². The Hall–Kier alpha value is -1.75. The van der Waals surface area contributed by atoms with Crippen LogP contribution in [0, 0.1) is 10.1 Å². The van der Waals surface area contributed by atoms with Crippen LogP contribution in [-0.2, 0) is 4.74 Å². The van der Waals surface area contributed by atoms with Gasteiger partial charge in [-0.1, -0.05) is 12.1 Å². The van der Waals surface area contributed by atoms with Gasteiger partial charge in [0.15, 0.2) is 5.78 Å². The number of rotatable bonds is 5. The number of Topliss-reactive ketones (excluding diaryl/α,β-unsaturated/α-hetero) is 1. The highest BCUT2D eigenvalue weighted by molar-refractivity contribution is 6.00. The van der Waals surface area contributed by atoms with Gasteiger partial charge in [0, 0.05) is 6.07 Å². The zero-order chi connectivity index (χ0) is 12.1. The third kappa shape index (κ3) is 3.13. The highest BCUT2D eigenvalue weighted by atomic mass is 16.6. The molecular weight excluding hydrogens is 210 g/mol. The standard InChI is InChI=1S/C11H13NO4/c1-8(2)16-7-11(13)9-5-3-4-6-10(9)12(14)15/h3-6,8H,7H2,1-2H3. The van der Waals surface area contributed by atoms with Crippen molar-refractivity contribution in [3.05, 3.63) is 39.9 Å². The Morgan fingerprint density at radius 1 is 1.44 bits per heavy atom. The maximum atomic E-state index is 11.6. The van der Waals surface area contributed by atoms with E-state index in [4.69, 9.17) is 4.74 Å². The van der Waals surface area contributed by atoms with E-state index >= 15 is 0 Å². The monoisotopic (exact) mass is 223 g/mol. The fourth-order valence-corrected chi connectivity index (χ4v) is 1.19. The fraction of sp³-hybridized carbons (Fsp3) is 0.364. The number of carbonyl (C=O) groups is 1. The number of nitrogens with zero attached hydrogens (tertiary/aromatic N) is 1. The summed E-state index contributed by atoms with van der Waals surface area (Å²) in [5, 5.41) is 10.7. The normalized spacial score (nSPS) is 10.4. The predicted octanol–water partition coefficient (Wildman–Crippen LogP) is 2.20. The van der Waals surface area contributed by atoms with Crippen LogP contribution in [0.1, 0.15) is 24.2 Å². The van der Waals surface area contributed by atoms with E-state index in [1.807, 2.05) is 0 Å². The molecule has 0 saturated carbocycles. The second kappa shape index (κ2) is 5.37. The van der Waals surface area contributed by atoms with Crippen LogP contribution in [0.4, 0.5) is 5.69 Å². The Balaban J connectivity index is 2.86. The summed E-state index contributed by atoms with van der Waals surface area (Å²) in [7, 11) is 0. The van der Waals surface area contributed by atoms with Gasteiger partial charge in [0.05, 0.1) is 16.6 Å². The van der Waals surface area contributed by atoms with Gasteiger partial charge >= 0.3 is 0 Å². The number of ketones is 1. The first-order valence-electron chi connectivity index (χ1n) is 4.90. The molecular formula is C11H13NO4. The molecule has 16 heavy (non-hydrogen) atoms. The van der Waals surface area contributed by atoms with Gasteiger partial charge in [-0.3, -0.25) is 14.9 Å². The lowest BCUT2D eigenvalue weighted by Gasteiger charge is -2.06. The molecule has 5 nitrogen and oxygen atoms in total. The number of hydrogen-bond acceptors (Lipinski definition) is 4. The Morgan fingerprint density at radius 2 is 2.06 bits per heavy atom. The number of ether oxygens (including phenoxy) is 1. The molecule has 0 radical (unpaired) electrons. The van der Waals surface area contributed by atoms with Crippen LogP contribution >= 0.6 is 0 Å². The first kappa shape index (κ1) is 12.3. The molecule has 0 aliphatic carbocycles. The lowest BCUT2D eigenvalue weighted by molar-refractivity contribution is -0.385. The summed E-state index contributed by atoms with van der Waals surface area (Å²) in [4.78, 5) is 21.8. The second-order valence-corrected chi connectivity index (χ2v) is 3.56. The minimum Gasteiger partial charge on any atom is -0.371 e. The van der Waals surface area contributed by atoms with Crippen LogP contribution in [0.15, 0.2) is 24.3 Å². The quantitative estimate of drug-likeness (QED) is 0.436. The first-order chi connectivity index (χ1) is 7.52. The molecule has 0 spiro atoms. The molecule has 0 bridgehead atoms. The van der Waals surface area contributed by atoms with Crippen molar-refractivity contribution in [3.63, 3.8) is 0 Å². The van der Waals surface area contributed by atoms with Gasteiger partial charge in [-0.15, -0.1) is 0 Å². The number of benzene rings is 1. The molecule has 0 unspecified atom stereocenters. The highest BCUT2D eigenvalue weighted by Crippen LogP contribution is 2.18. The molecule has 0 amide bonds. The minimum absolute atomic E-state index is 0.0771. The van der Waals surface area contributed by atoms with E-state index in [9.17, 15) is 14.9 Å². The number of hydrogen-bond donors (Lipinski definition) is 0. The summed E-state index contributed by atoms with van der Waals surface area (Å²) in [6.07, 6.45) is -0.0771. The van der Waals surface area contributed by atoms with Crippen LogP contribution in [0.3, 0.4) is 0 Å². The SMILES string of the molecule is CC(C)OCC(=O)c1ccccc1[N+](=O)[O-]. The van der Waals surface area contributed by atoms with E-state index in [2.05, 4.69) is 0 Å².